The number of aromatic nitrogens is 1. The van der Waals surface area contributed by atoms with Crippen molar-refractivity contribution in [3.05, 3.63) is 23.9 Å². The molecule has 1 aromatic rings. The number of nitrogens with one attached hydrogen (secondary N) is 1. The smallest absolute Gasteiger partial charge is 0.133 e. The standard InChI is InChI=1S/C15H25N3O2/c1-15(2,3)17-9-12-5-4-6-16-14(12)18-7-8-20-13(10-18)11-19/h4-6,13,17,19H,7-11H2,1-3H3. The largest absolute Gasteiger partial charge is 0.394 e. The molecule has 0 aromatic carbocycles. The lowest BCUT2D eigenvalue weighted by molar-refractivity contribution is 0.00331. The van der Waals surface area contributed by atoms with Crippen molar-refractivity contribution in [2.45, 2.75) is 39.0 Å². The third kappa shape index (κ3) is 4.16. The number of anilines is 1. The summed E-state index contributed by atoms with van der Waals surface area (Å²) in [5.41, 5.74) is 1.26. The Morgan fingerprint density at radius 2 is 2.30 bits per heavy atom. The first-order valence-corrected chi connectivity index (χ1v) is 7.16. The first-order valence-electron chi connectivity index (χ1n) is 7.16. The van der Waals surface area contributed by atoms with Crippen molar-refractivity contribution in [2.75, 3.05) is 31.2 Å². The molecule has 2 N–H and O–H groups in total. The van der Waals surface area contributed by atoms with Crippen LogP contribution in [0.1, 0.15) is 26.3 Å². The summed E-state index contributed by atoms with van der Waals surface area (Å²) in [6.07, 6.45) is 1.70. The van der Waals surface area contributed by atoms with E-state index in [2.05, 4.69) is 42.0 Å². The van der Waals surface area contributed by atoms with Crippen LogP contribution in [-0.2, 0) is 11.3 Å². The molecule has 0 saturated carbocycles. The van der Waals surface area contributed by atoms with Crippen LogP contribution in [0.15, 0.2) is 18.3 Å². The van der Waals surface area contributed by atoms with Crippen LogP contribution < -0.4 is 10.2 Å². The number of ether oxygens (including phenoxy) is 1. The zero-order valence-corrected chi connectivity index (χ0v) is 12.6. The fourth-order valence-electron chi connectivity index (χ4n) is 2.24. The van der Waals surface area contributed by atoms with Gasteiger partial charge >= 0.3 is 0 Å². The molecule has 1 fully saturated rings. The number of nitrogens with zero attached hydrogens (tertiary/aromatic N) is 2. The minimum absolute atomic E-state index is 0.0545. The Kier molecular flexibility index (Phi) is 4.96. The third-order valence-electron chi connectivity index (χ3n) is 3.32. The van der Waals surface area contributed by atoms with E-state index in [9.17, 15) is 5.11 Å². The summed E-state index contributed by atoms with van der Waals surface area (Å²) < 4.78 is 5.50. The molecule has 20 heavy (non-hydrogen) atoms. The van der Waals surface area contributed by atoms with Gasteiger partial charge in [0, 0.05) is 36.9 Å². The second-order valence-electron chi connectivity index (χ2n) is 6.21. The fraction of sp³-hybridized carbons (Fsp3) is 0.667. The van der Waals surface area contributed by atoms with Gasteiger partial charge in [-0.3, -0.25) is 0 Å². The maximum Gasteiger partial charge on any atom is 0.133 e. The molecule has 0 amide bonds. The molecule has 112 valence electrons. The zero-order chi connectivity index (χ0) is 14.6. The number of morpholine rings is 1. The van der Waals surface area contributed by atoms with Crippen LogP contribution in [0, 0.1) is 0 Å². The maximum atomic E-state index is 9.25. The highest BCUT2D eigenvalue weighted by Gasteiger charge is 2.22. The van der Waals surface area contributed by atoms with Crippen LogP contribution in [0.4, 0.5) is 5.82 Å². The van der Waals surface area contributed by atoms with Gasteiger partial charge in [0.05, 0.1) is 19.3 Å². The lowest BCUT2D eigenvalue weighted by atomic mass is 10.1. The van der Waals surface area contributed by atoms with E-state index < -0.39 is 0 Å². The maximum absolute atomic E-state index is 9.25. The summed E-state index contributed by atoms with van der Waals surface area (Å²) in [5.74, 6) is 0.992. The third-order valence-corrected chi connectivity index (χ3v) is 3.32. The SMILES string of the molecule is CC(C)(C)NCc1cccnc1N1CCOC(CO)C1. The molecule has 1 saturated heterocycles. The molecule has 2 heterocycles. The number of pyridine rings is 1. The van der Waals surface area contributed by atoms with Gasteiger partial charge < -0.3 is 20.1 Å². The van der Waals surface area contributed by atoms with Crippen LogP contribution >= 0.6 is 0 Å². The predicted octanol–water partition coefficient (Wildman–Crippen LogP) is 1.17. The van der Waals surface area contributed by atoms with Crippen molar-refractivity contribution in [2.24, 2.45) is 0 Å². The minimum Gasteiger partial charge on any atom is -0.394 e. The number of hydrogen-bond donors (Lipinski definition) is 2. The molecule has 0 aliphatic carbocycles. The summed E-state index contributed by atoms with van der Waals surface area (Å²) >= 11 is 0. The Balaban J connectivity index is 2.10. The van der Waals surface area contributed by atoms with Gasteiger partial charge in [0.25, 0.3) is 0 Å². The van der Waals surface area contributed by atoms with Crippen molar-refractivity contribution < 1.29 is 9.84 Å². The Bertz CT molecular complexity index is 431. The van der Waals surface area contributed by atoms with Crippen molar-refractivity contribution in [3.8, 4) is 0 Å². The molecule has 1 aliphatic heterocycles. The quantitative estimate of drug-likeness (QED) is 0.866. The minimum atomic E-state index is -0.116. The second kappa shape index (κ2) is 6.52. The molecule has 5 nitrogen and oxygen atoms in total. The van der Waals surface area contributed by atoms with Gasteiger partial charge in [0.2, 0.25) is 0 Å². The first kappa shape index (κ1) is 15.2. The average molecular weight is 279 g/mol. The van der Waals surface area contributed by atoms with Gasteiger partial charge in [-0.2, -0.15) is 0 Å². The van der Waals surface area contributed by atoms with Crippen LogP contribution in [-0.4, -0.2) is 48.0 Å². The highest BCUT2D eigenvalue weighted by atomic mass is 16.5. The Labute approximate surface area is 121 Å². The van der Waals surface area contributed by atoms with Crippen LogP contribution in [0.2, 0.25) is 0 Å². The topological polar surface area (TPSA) is 57.6 Å². The number of aliphatic hydroxyl groups excluding tert-OH is 1. The zero-order valence-electron chi connectivity index (χ0n) is 12.6. The number of rotatable bonds is 4. The lowest BCUT2D eigenvalue weighted by Gasteiger charge is -2.34. The van der Waals surface area contributed by atoms with E-state index in [1.165, 1.54) is 5.56 Å². The van der Waals surface area contributed by atoms with E-state index in [-0.39, 0.29) is 18.2 Å². The van der Waals surface area contributed by atoms with Gasteiger partial charge in [0.15, 0.2) is 0 Å². The molecule has 5 heteroatoms. The van der Waals surface area contributed by atoms with E-state index >= 15 is 0 Å². The lowest BCUT2D eigenvalue weighted by Crippen LogP contribution is -2.45. The summed E-state index contributed by atoms with van der Waals surface area (Å²) in [6.45, 7) is 9.44. The molecule has 1 unspecified atom stereocenters. The van der Waals surface area contributed by atoms with E-state index in [1.54, 1.807) is 0 Å². The summed E-state index contributed by atoms with van der Waals surface area (Å²) in [7, 11) is 0. The van der Waals surface area contributed by atoms with E-state index in [0.29, 0.717) is 13.2 Å². The van der Waals surface area contributed by atoms with Crippen molar-refractivity contribution in [1.29, 1.82) is 0 Å². The Morgan fingerprint density at radius 3 is 3.00 bits per heavy atom. The van der Waals surface area contributed by atoms with Crippen LogP contribution in [0.3, 0.4) is 0 Å². The van der Waals surface area contributed by atoms with Gasteiger partial charge in [0.1, 0.15) is 5.82 Å². The van der Waals surface area contributed by atoms with Gasteiger partial charge in [-0.25, -0.2) is 4.98 Å². The van der Waals surface area contributed by atoms with Gasteiger partial charge in [-0.15, -0.1) is 0 Å². The van der Waals surface area contributed by atoms with Crippen molar-refractivity contribution in [1.82, 2.24) is 10.3 Å². The van der Waals surface area contributed by atoms with Crippen LogP contribution in [0.5, 0.6) is 0 Å². The van der Waals surface area contributed by atoms with E-state index in [4.69, 9.17) is 4.74 Å². The molecule has 1 aliphatic rings. The molecular formula is C15H25N3O2. The fourth-order valence-corrected chi connectivity index (χ4v) is 2.24. The number of hydrogen-bond acceptors (Lipinski definition) is 5. The highest BCUT2D eigenvalue weighted by Crippen LogP contribution is 2.20. The second-order valence-corrected chi connectivity index (χ2v) is 6.21. The van der Waals surface area contributed by atoms with Gasteiger partial charge in [-0.1, -0.05) is 6.07 Å². The van der Waals surface area contributed by atoms with Gasteiger partial charge in [-0.05, 0) is 26.8 Å². The molecule has 0 spiro atoms. The van der Waals surface area contributed by atoms with E-state index in [1.807, 2.05) is 12.3 Å². The normalized spacial score (nSPS) is 20.2. The molecule has 1 atom stereocenters. The molecule has 2 rings (SSSR count). The monoisotopic (exact) mass is 279 g/mol. The predicted molar refractivity (Wildman–Crippen MR) is 79.9 cm³/mol. The summed E-state index contributed by atoms with van der Waals surface area (Å²) in [4.78, 5) is 6.72. The molecule has 0 radical (unpaired) electrons. The summed E-state index contributed by atoms with van der Waals surface area (Å²) in [6, 6.07) is 4.07. The average Bonchev–Trinajstić information content (AvgIpc) is 2.45. The number of aliphatic hydroxyl groups is 1. The summed E-state index contributed by atoms with van der Waals surface area (Å²) in [5, 5.41) is 12.7. The molecule has 1 aromatic heterocycles. The Hall–Kier alpha value is -1.17. The van der Waals surface area contributed by atoms with Crippen molar-refractivity contribution >= 4 is 5.82 Å². The Morgan fingerprint density at radius 1 is 1.50 bits per heavy atom. The van der Waals surface area contributed by atoms with Crippen LogP contribution in [0.25, 0.3) is 0 Å². The first-order chi connectivity index (χ1) is 9.49. The highest BCUT2D eigenvalue weighted by molar-refractivity contribution is 5.47. The van der Waals surface area contributed by atoms with Crippen molar-refractivity contribution in [3.63, 3.8) is 0 Å². The van der Waals surface area contributed by atoms with E-state index in [0.717, 1.165) is 18.9 Å². The molecule has 0 bridgehead atoms. The molecular weight excluding hydrogens is 254 g/mol.